The van der Waals surface area contributed by atoms with Gasteiger partial charge in [-0.25, -0.2) is 4.98 Å². The van der Waals surface area contributed by atoms with E-state index in [1.54, 1.807) is 4.40 Å². The second-order valence-corrected chi connectivity index (χ2v) is 7.81. The fourth-order valence-corrected chi connectivity index (χ4v) is 4.55. The topological polar surface area (TPSA) is 69.9 Å². The molecule has 2 heterocycles. The molecule has 156 valence electrons. The number of methoxy groups -OCH3 is 1. The predicted octanol–water partition coefficient (Wildman–Crippen LogP) is 4.05. The van der Waals surface area contributed by atoms with Crippen molar-refractivity contribution in [3.05, 3.63) is 64.6 Å². The molecular weight excluding hydrogens is 380 g/mol. The molecule has 4 rings (SSSR count). The molecule has 1 aliphatic rings. The zero-order chi connectivity index (χ0) is 21.4. The van der Waals surface area contributed by atoms with Gasteiger partial charge in [-0.3, -0.25) is 14.0 Å². The normalized spacial score (nSPS) is 17.7. The van der Waals surface area contributed by atoms with Crippen molar-refractivity contribution in [2.75, 3.05) is 13.7 Å². The molecule has 30 heavy (non-hydrogen) atoms. The van der Waals surface area contributed by atoms with Gasteiger partial charge in [-0.2, -0.15) is 0 Å². The maximum atomic E-state index is 13.5. The number of nitrogens with zero attached hydrogens (tertiary/aromatic N) is 2. The molecule has 0 aliphatic heterocycles. The number of esters is 1. The van der Waals surface area contributed by atoms with Crippen molar-refractivity contribution in [1.29, 1.82) is 0 Å². The number of imidazole rings is 1. The van der Waals surface area contributed by atoms with E-state index < -0.39 is 0 Å². The van der Waals surface area contributed by atoms with Crippen LogP contribution in [0.1, 0.15) is 52.1 Å². The van der Waals surface area contributed by atoms with Gasteiger partial charge in [-0.15, -0.1) is 0 Å². The van der Waals surface area contributed by atoms with Crippen LogP contribution in [0.15, 0.2) is 36.5 Å². The fraction of sp³-hybridized carbons (Fsp3) is 0.375. The number of ether oxygens (including phenoxy) is 2. The lowest BCUT2D eigenvalue weighted by Gasteiger charge is -2.18. The van der Waals surface area contributed by atoms with Crippen molar-refractivity contribution in [3.8, 4) is 5.75 Å². The van der Waals surface area contributed by atoms with Gasteiger partial charge in [-0.05, 0) is 50.5 Å². The van der Waals surface area contributed by atoms with Crippen molar-refractivity contribution >= 4 is 17.4 Å². The Morgan fingerprint density at radius 3 is 2.77 bits per heavy atom. The van der Waals surface area contributed by atoms with E-state index >= 15 is 0 Å². The molecule has 6 nitrogen and oxygen atoms in total. The molecule has 2 aromatic heterocycles. The van der Waals surface area contributed by atoms with E-state index in [2.05, 4.69) is 17.1 Å². The molecule has 1 aliphatic carbocycles. The highest BCUT2D eigenvalue weighted by atomic mass is 16.5. The summed E-state index contributed by atoms with van der Waals surface area (Å²) in [4.78, 5) is 30.5. The summed E-state index contributed by atoms with van der Waals surface area (Å²) < 4.78 is 12.5. The number of Topliss-reactive ketones (excluding diaryl/α,β-unsaturated/α-hetero) is 1. The largest absolute Gasteiger partial charge is 0.490 e. The average molecular weight is 406 g/mol. The summed E-state index contributed by atoms with van der Waals surface area (Å²) in [6.07, 6.45) is 2.65. The number of ketones is 1. The van der Waals surface area contributed by atoms with Crippen molar-refractivity contribution in [1.82, 2.24) is 9.38 Å². The van der Waals surface area contributed by atoms with Gasteiger partial charge in [0.25, 0.3) is 0 Å². The molecule has 0 saturated carbocycles. The predicted molar refractivity (Wildman–Crippen MR) is 113 cm³/mol. The molecule has 6 heteroatoms. The number of fused-ring (bicyclic) bond motifs is 2. The summed E-state index contributed by atoms with van der Waals surface area (Å²) in [7, 11) is 1.40. The Hall–Kier alpha value is -3.15. The molecular formula is C24H26N2O4. The number of aromatic nitrogens is 2. The molecule has 0 fully saturated rings. The molecule has 0 radical (unpaired) electrons. The molecule has 0 spiro atoms. The first-order valence-corrected chi connectivity index (χ1v) is 10.3. The van der Waals surface area contributed by atoms with E-state index in [0.29, 0.717) is 35.8 Å². The second kappa shape index (κ2) is 7.94. The second-order valence-electron chi connectivity index (χ2n) is 7.81. The molecule has 2 atom stereocenters. The Kier molecular flexibility index (Phi) is 5.33. The van der Waals surface area contributed by atoms with Crippen LogP contribution in [-0.2, 0) is 16.0 Å². The SMILES string of the molecule is CCOc1cccn2c(C(=O)C[C@@H]3c4cc(C)ccc4C[C@H]3C(=O)OC)c(C)nc12. The van der Waals surface area contributed by atoms with Crippen molar-refractivity contribution in [2.45, 2.75) is 39.5 Å². The van der Waals surface area contributed by atoms with E-state index in [9.17, 15) is 9.59 Å². The first-order valence-electron chi connectivity index (χ1n) is 10.3. The maximum Gasteiger partial charge on any atom is 0.309 e. The number of carbonyl (C=O) groups is 2. The zero-order valence-corrected chi connectivity index (χ0v) is 17.8. The first kappa shape index (κ1) is 20.1. The van der Waals surface area contributed by atoms with Crippen molar-refractivity contribution < 1.29 is 19.1 Å². The van der Waals surface area contributed by atoms with Gasteiger partial charge in [0.2, 0.25) is 0 Å². The standard InChI is InChI=1S/C24H26N2O4/c1-5-30-21-7-6-10-26-22(15(3)25-23(21)26)20(27)13-18-17-11-14(2)8-9-16(17)12-19(18)24(28)29-4/h6-11,18-19H,5,12-13H2,1-4H3/t18-,19-/m1/s1. The number of hydrogen-bond acceptors (Lipinski definition) is 5. The third-order valence-corrected chi connectivity index (χ3v) is 5.89. The molecule has 0 N–H and O–H groups in total. The minimum absolute atomic E-state index is 0.0399. The maximum absolute atomic E-state index is 13.5. The van der Waals surface area contributed by atoms with Gasteiger partial charge >= 0.3 is 5.97 Å². The fourth-order valence-electron chi connectivity index (χ4n) is 4.55. The molecule has 0 amide bonds. The Bertz CT molecular complexity index is 1130. The molecule has 3 aromatic rings. The number of hydrogen-bond donors (Lipinski definition) is 0. The zero-order valence-electron chi connectivity index (χ0n) is 17.8. The highest BCUT2D eigenvalue weighted by molar-refractivity contribution is 5.97. The summed E-state index contributed by atoms with van der Waals surface area (Å²) in [6.45, 7) is 6.29. The monoisotopic (exact) mass is 406 g/mol. The van der Waals surface area contributed by atoms with Gasteiger partial charge in [0.05, 0.1) is 25.3 Å². The van der Waals surface area contributed by atoms with Gasteiger partial charge in [0.15, 0.2) is 17.2 Å². The third-order valence-electron chi connectivity index (χ3n) is 5.89. The van der Waals surface area contributed by atoms with Crippen LogP contribution < -0.4 is 4.74 Å². The number of aryl methyl sites for hydroxylation is 2. The first-order chi connectivity index (χ1) is 14.4. The lowest BCUT2D eigenvalue weighted by Crippen LogP contribution is -2.23. The van der Waals surface area contributed by atoms with Crippen LogP contribution in [0.4, 0.5) is 0 Å². The summed E-state index contributed by atoms with van der Waals surface area (Å²) >= 11 is 0. The molecule has 0 unspecified atom stereocenters. The lowest BCUT2D eigenvalue weighted by atomic mass is 9.86. The van der Waals surface area contributed by atoms with E-state index in [-0.39, 0.29) is 30.0 Å². The van der Waals surface area contributed by atoms with E-state index in [0.717, 1.165) is 16.7 Å². The van der Waals surface area contributed by atoms with E-state index in [1.807, 2.05) is 45.2 Å². The summed E-state index contributed by atoms with van der Waals surface area (Å²) in [5, 5.41) is 0. The lowest BCUT2D eigenvalue weighted by molar-refractivity contribution is -0.145. The van der Waals surface area contributed by atoms with Gasteiger partial charge in [-0.1, -0.05) is 23.8 Å². The van der Waals surface area contributed by atoms with Crippen molar-refractivity contribution in [3.63, 3.8) is 0 Å². The van der Waals surface area contributed by atoms with Crippen LogP contribution >= 0.6 is 0 Å². The molecule has 1 aromatic carbocycles. The summed E-state index contributed by atoms with van der Waals surface area (Å²) in [5.74, 6) is -0.220. The van der Waals surface area contributed by atoms with Gasteiger partial charge in [0, 0.05) is 18.5 Å². The van der Waals surface area contributed by atoms with Gasteiger partial charge < -0.3 is 9.47 Å². The number of rotatable bonds is 6. The van der Waals surface area contributed by atoms with Crippen LogP contribution in [0.2, 0.25) is 0 Å². The van der Waals surface area contributed by atoms with Crippen LogP contribution in [-0.4, -0.2) is 34.9 Å². The highest BCUT2D eigenvalue weighted by Crippen LogP contribution is 2.42. The minimum Gasteiger partial charge on any atom is -0.490 e. The van der Waals surface area contributed by atoms with E-state index in [1.165, 1.54) is 7.11 Å². The molecule has 0 bridgehead atoms. The summed E-state index contributed by atoms with van der Waals surface area (Å²) in [6, 6.07) is 9.88. The van der Waals surface area contributed by atoms with Crippen LogP contribution in [0.25, 0.3) is 5.65 Å². The number of pyridine rings is 1. The van der Waals surface area contributed by atoms with Crippen molar-refractivity contribution in [2.24, 2.45) is 5.92 Å². The number of benzene rings is 1. The highest BCUT2D eigenvalue weighted by Gasteiger charge is 2.39. The Morgan fingerprint density at radius 2 is 2.03 bits per heavy atom. The Balaban J connectivity index is 1.72. The van der Waals surface area contributed by atoms with Gasteiger partial charge in [0.1, 0.15) is 5.69 Å². The van der Waals surface area contributed by atoms with Crippen LogP contribution in [0.5, 0.6) is 5.75 Å². The average Bonchev–Trinajstić information content (AvgIpc) is 3.25. The Labute approximate surface area is 175 Å². The number of carbonyl (C=O) groups excluding carboxylic acids is 2. The Morgan fingerprint density at radius 1 is 1.23 bits per heavy atom. The minimum atomic E-state index is -0.353. The third kappa shape index (κ3) is 3.36. The molecule has 0 saturated heterocycles. The summed E-state index contributed by atoms with van der Waals surface area (Å²) in [5.41, 5.74) is 5.12. The quantitative estimate of drug-likeness (QED) is 0.456. The smallest absolute Gasteiger partial charge is 0.309 e. The van der Waals surface area contributed by atoms with Crippen LogP contribution in [0.3, 0.4) is 0 Å². The van der Waals surface area contributed by atoms with Crippen LogP contribution in [0, 0.1) is 19.8 Å². The van der Waals surface area contributed by atoms with E-state index in [4.69, 9.17) is 9.47 Å².